The molecule has 7 N–H and O–H groups in total. The smallest absolute Gasteiger partial charge is 0.336 e. The summed E-state index contributed by atoms with van der Waals surface area (Å²) in [7, 11) is 4.66. The molecule has 1 unspecified atom stereocenters. The maximum atomic E-state index is 11.7. The molecule has 3 atom stereocenters. The molecule has 43 heavy (non-hydrogen) atoms. The number of hydrogen-bond donors (Lipinski definition) is 7. The number of ketones is 2. The van der Waals surface area contributed by atoms with Crippen molar-refractivity contribution in [2.75, 3.05) is 48.2 Å². The Kier molecular flexibility index (Phi) is 23.3. The van der Waals surface area contributed by atoms with Gasteiger partial charge in [-0.15, -0.1) is 0 Å². The first-order chi connectivity index (χ1) is 19.6. The Morgan fingerprint density at radius 1 is 0.721 bits per heavy atom. The number of nitrogens with one attached hydrogen (secondary N) is 2. The van der Waals surface area contributed by atoms with Gasteiger partial charge in [0.05, 0.1) is 40.6 Å². The van der Waals surface area contributed by atoms with E-state index in [0.29, 0.717) is 6.08 Å². The number of hydrogen-bond acceptors (Lipinski definition) is 18. The number of aliphatic hydroxyl groups is 5. The summed E-state index contributed by atoms with van der Waals surface area (Å²) >= 11 is 0. The molecule has 0 spiro atoms. The van der Waals surface area contributed by atoms with Crippen LogP contribution in [0.2, 0.25) is 0 Å². The average molecular weight is 663 g/mol. The van der Waals surface area contributed by atoms with Crippen molar-refractivity contribution in [3.8, 4) is 0 Å². The number of rotatable bonds is 16. The normalized spacial score (nSPS) is 13.3. The Labute approximate surface area is 257 Å². The third-order valence-corrected chi connectivity index (χ3v) is 4.59. The van der Waals surface area contributed by atoms with Gasteiger partial charge in [-0.25, -0.2) is 19.2 Å². The number of carbonyl (C=O) groups excluding carboxylic acids is 6. The molecule has 18 nitrogen and oxygen atoms in total. The van der Waals surface area contributed by atoms with Gasteiger partial charge in [-0.3, -0.25) is 9.59 Å². The maximum Gasteiger partial charge on any atom is 0.336 e. The predicted octanol–water partition coefficient (Wildman–Crippen LogP) is -2.39. The molecular weight excluding hydrogens is 626 g/mol. The van der Waals surface area contributed by atoms with Gasteiger partial charge in [0.1, 0.15) is 6.61 Å². The second-order valence-corrected chi connectivity index (χ2v) is 7.87. The molecule has 0 bridgehead atoms. The fourth-order valence-corrected chi connectivity index (χ4v) is 2.52. The molecule has 0 aromatic carbocycles. The SMILES string of the molecule is COC(=O)C(CO)N(C)C(O)=CC(C)=O.COC(=O)[C@H](CO)NC(O)=CC(=O)OC[C@H](NC(O)=CC(C)=O)C(=O)OC.[Fe]. The van der Waals surface area contributed by atoms with Gasteiger partial charge in [0, 0.05) is 36.3 Å². The Balaban J connectivity index is -0.000000850. The zero-order valence-electron chi connectivity index (χ0n) is 24.2. The van der Waals surface area contributed by atoms with Crippen molar-refractivity contribution in [3.05, 3.63) is 35.9 Å². The summed E-state index contributed by atoms with van der Waals surface area (Å²) in [6, 6.07) is -3.67. The minimum Gasteiger partial charge on any atom is -0.495 e. The molecule has 0 fully saturated rings. The summed E-state index contributed by atoms with van der Waals surface area (Å²) < 4.78 is 18.0. The van der Waals surface area contributed by atoms with Crippen molar-refractivity contribution < 1.29 is 90.3 Å². The molecule has 246 valence electrons. The quantitative estimate of drug-likeness (QED) is 0.0298. The average Bonchev–Trinajstić information content (AvgIpc) is 2.92. The zero-order chi connectivity index (χ0) is 33.0. The van der Waals surface area contributed by atoms with E-state index in [0.717, 1.165) is 31.3 Å². The van der Waals surface area contributed by atoms with Crippen LogP contribution in [0.1, 0.15) is 13.8 Å². The van der Waals surface area contributed by atoms with Crippen molar-refractivity contribution in [3.63, 3.8) is 0 Å². The van der Waals surface area contributed by atoms with Crippen molar-refractivity contribution in [2.45, 2.75) is 32.0 Å². The summed E-state index contributed by atoms with van der Waals surface area (Å²) in [5.74, 6) is -6.28. The molecule has 0 aromatic rings. The van der Waals surface area contributed by atoms with E-state index >= 15 is 0 Å². The van der Waals surface area contributed by atoms with E-state index in [1.54, 1.807) is 0 Å². The molecule has 0 heterocycles. The minimum absolute atomic E-state index is 0. The molecular formula is C24H37FeN3O15. The molecule has 0 rings (SSSR count). The van der Waals surface area contributed by atoms with Crippen LogP contribution < -0.4 is 10.6 Å². The van der Waals surface area contributed by atoms with Crippen LogP contribution in [-0.2, 0) is 64.8 Å². The van der Waals surface area contributed by atoms with Crippen molar-refractivity contribution in [2.24, 2.45) is 0 Å². The summed E-state index contributed by atoms with van der Waals surface area (Å²) in [6.45, 7) is 0.579. The van der Waals surface area contributed by atoms with Crippen LogP contribution in [0.25, 0.3) is 0 Å². The van der Waals surface area contributed by atoms with Gasteiger partial charge in [-0.2, -0.15) is 0 Å². The molecule has 0 aliphatic carbocycles. The van der Waals surface area contributed by atoms with Crippen molar-refractivity contribution in [1.29, 1.82) is 0 Å². The van der Waals surface area contributed by atoms with Crippen molar-refractivity contribution in [1.82, 2.24) is 15.5 Å². The Bertz CT molecular complexity index is 1040. The zero-order valence-corrected chi connectivity index (χ0v) is 25.3. The van der Waals surface area contributed by atoms with E-state index in [9.17, 15) is 44.1 Å². The molecule has 19 heteroatoms. The van der Waals surface area contributed by atoms with Crippen LogP contribution in [-0.4, -0.2) is 132 Å². The number of likely N-dealkylation sites (N-methyl/N-ethyl adjacent to an activating group) is 1. The maximum absolute atomic E-state index is 11.7. The van der Waals surface area contributed by atoms with Crippen molar-refractivity contribution >= 4 is 35.4 Å². The fraction of sp³-hybridized carbons (Fsp3) is 0.500. The first-order valence-corrected chi connectivity index (χ1v) is 11.7. The van der Waals surface area contributed by atoms with Gasteiger partial charge in [-0.1, -0.05) is 0 Å². The Morgan fingerprint density at radius 3 is 1.58 bits per heavy atom. The molecule has 0 radical (unpaired) electrons. The molecule has 0 aliphatic rings. The van der Waals surface area contributed by atoms with E-state index in [-0.39, 0.29) is 22.9 Å². The van der Waals surface area contributed by atoms with Gasteiger partial charge in [-0.05, 0) is 13.8 Å². The van der Waals surface area contributed by atoms with Gasteiger partial charge in [0.25, 0.3) is 0 Å². The van der Waals surface area contributed by atoms with E-state index in [2.05, 4.69) is 24.8 Å². The Hall–Kier alpha value is -4.32. The number of nitrogens with zero attached hydrogens (tertiary/aromatic N) is 1. The molecule has 0 amide bonds. The van der Waals surface area contributed by atoms with Crippen LogP contribution in [0.15, 0.2) is 35.9 Å². The molecule has 0 aliphatic heterocycles. The fourth-order valence-electron chi connectivity index (χ4n) is 2.52. The van der Waals surface area contributed by atoms with E-state index in [1.807, 2.05) is 0 Å². The summed E-state index contributed by atoms with van der Waals surface area (Å²) in [5.41, 5.74) is 0. The number of allylic oxidation sites excluding steroid dienone is 2. The van der Waals surface area contributed by atoms with Crippen LogP contribution in [0.5, 0.6) is 0 Å². The molecule has 0 aromatic heterocycles. The van der Waals surface area contributed by atoms with E-state index < -0.39 is 85.3 Å². The van der Waals surface area contributed by atoms with Crippen LogP contribution >= 0.6 is 0 Å². The van der Waals surface area contributed by atoms with Gasteiger partial charge in [0.2, 0.25) is 0 Å². The topological polar surface area (TPSA) is 268 Å². The first-order valence-electron chi connectivity index (χ1n) is 11.7. The largest absolute Gasteiger partial charge is 0.495 e. The number of esters is 4. The minimum atomic E-state index is -1.33. The van der Waals surface area contributed by atoms with Crippen LogP contribution in [0.3, 0.4) is 0 Å². The monoisotopic (exact) mass is 663 g/mol. The standard InChI is InChI=1S/C15H22N2O10.C9H15NO5.Fe/c1-8(19)4-11(20)17-10(15(24)26-3)7-27-13(22)5-12(21)16-9(6-18)14(23)25-2;1-6(12)4-8(13)10(2)7(5-11)9(14)15-3;/h4-5,9-10,16-18,20-21H,6-7H2,1-3H3;4,7,11,13H,5H2,1-3H3;/t9-,10-;;/m0../s1. The third-order valence-electron chi connectivity index (χ3n) is 4.59. The van der Waals surface area contributed by atoms with E-state index in [1.165, 1.54) is 28.0 Å². The number of carbonyl (C=O) groups is 6. The Morgan fingerprint density at radius 2 is 1.16 bits per heavy atom. The molecule has 0 saturated carbocycles. The van der Waals surface area contributed by atoms with Crippen LogP contribution in [0.4, 0.5) is 0 Å². The van der Waals surface area contributed by atoms with Crippen LogP contribution in [0, 0.1) is 0 Å². The number of ether oxygens (including phenoxy) is 4. The van der Waals surface area contributed by atoms with E-state index in [4.69, 9.17) is 14.9 Å². The third kappa shape index (κ3) is 18.7. The first kappa shape index (κ1) is 43.1. The second kappa shape index (κ2) is 23.3. The number of aliphatic hydroxyl groups excluding tert-OH is 5. The van der Waals surface area contributed by atoms with Gasteiger partial charge >= 0.3 is 23.9 Å². The second-order valence-electron chi connectivity index (χ2n) is 7.87. The predicted molar refractivity (Wildman–Crippen MR) is 140 cm³/mol. The summed E-state index contributed by atoms with van der Waals surface area (Å²) in [4.78, 5) is 68.2. The number of methoxy groups -OCH3 is 3. The molecule has 0 saturated heterocycles. The van der Waals surface area contributed by atoms with Gasteiger partial charge < -0.3 is 60.0 Å². The summed E-state index contributed by atoms with van der Waals surface area (Å²) in [6.07, 6.45) is 2.30. The van der Waals surface area contributed by atoms with Gasteiger partial charge in [0.15, 0.2) is 47.3 Å². The summed E-state index contributed by atoms with van der Waals surface area (Å²) in [5, 5.41) is 50.7.